The first-order valence-electron chi connectivity index (χ1n) is 5.45. The maximum absolute atomic E-state index is 10.9. The minimum Gasteiger partial charge on any atom is -0.395 e. The fourth-order valence-corrected chi connectivity index (χ4v) is 1.71. The van der Waals surface area contributed by atoms with Gasteiger partial charge in [-0.1, -0.05) is 11.6 Å². The number of aliphatic hydroxyl groups is 1. The Kier molecular flexibility index (Phi) is 3.98. The Hall–Kier alpha value is -2.12. The summed E-state index contributed by atoms with van der Waals surface area (Å²) in [5.74, 6) is -0.0650. The second-order valence-corrected chi connectivity index (χ2v) is 4.16. The smallest absolute Gasteiger partial charge is 0.395 e. The third kappa shape index (κ3) is 3.01. The van der Waals surface area contributed by atoms with Crippen molar-refractivity contribution < 1.29 is 10.0 Å². The van der Waals surface area contributed by atoms with Gasteiger partial charge in [-0.3, -0.25) is 4.57 Å². The van der Waals surface area contributed by atoms with E-state index in [9.17, 15) is 10.1 Å². The second kappa shape index (κ2) is 5.68. The Balaban J connectivity index is 2.33. The predicted octanol–water partition coefficient (Wildman–Crippen LogP) is 2.18. The highest BCUT2D eigenvalue weighted by molar-refractivity contribution is 6.30. The predicted molar refractivity (Wildman–Crippen MR) is 70.7 cm³/mol. The van der Waals surface area contributed by atoms with Crippen molar-refractivity contribution in [1.29, 1.82) is 0 Å². The molecular formula is C11H11ClN4O3. The summed E-state index contributed by atoms with van der Waals surface area (Å²) >= 11 is 5.77. The van der Waals surface area contributed by atoms with E-state index in [0.717, 1.165) is 0 Å². The van der Waals surface area contributed by atoms with Crippen LogP contribution < -0.4 is 5.32 Å². The van der Waals surface area contributed by atoms with Crippen LogP contribution in [0.25, 0.3) is 0 Å². The molecule has 2 aromatic rings. The maximum atomic E-state index is 10.9. The molecule has 8 heteroatoms. The Morgan fingerprint density at radius 1 is 1.42 bits per heavy atom. The summed E-state index contributed by atoms with van der Waals surface area (Å²) in [5, 5.41) is 23.3. The van der Waals surface area contributed by atoms with Crippen LogP contribution in [0.2, 0.25) is 5.02 Å². The van der Waals surface area contributed by atoms with E-state index < -0.39 is 4.92 Å². The standard InChI is InChI=1S/C11H11ClN4O3/c12-8-1-3-9(4-2-8)14-11-10(16(18)19)13-7-15(11)5-6-17/h1-4,7,14,17H,5-6H2. The van der Waals surface area contributed by atoms with E-state index >= 15 is 0 Å². The number of nitrogens with zero attached hydrogens (tertiary/aromatic N) is 3. The van der Waals surface area contributed by atoms with Crippen molar-refractivity contribution in [1.82, 2.24) is 9.55 Å². The van der Waals surface area contributed by atoms with Crippen molar-refractivity contribution in [3.63, 3.8) is 0 Å². The van der Waals surface area contributed by atoms with Gasteiger partial charge in [0.2, 0.25) is 12.1 Å². The van der Waals surface area contributed by atoms with Crippen LogP contribution in [0.15, 0.2) is 30.6 Å². The molecule has 0 saturated heterocycles. The zero-order chi connectivity index (χ0) is 13.8. The molecule has 0 aliphatic heterocycles. The average molecular weight is 283 g/mol. The van der Waals surface area contributed by atoms with Crippen LogP contribution in [0, 0.1) is 10.1 Å². The summed E-state index contributed by atoms with van der Waals surface area (Å²) in [6, 6.07) is 6.73. The molecule has 0 fully saturated rings. The average Bonchev–Trinajstić information content (AvgIpc) is 2.76. The summed E-state index contributed by atoms with van der Waals surface area (Å²) in [5.41, 5.74) is 0.646. The topological polar surface area (TPSA) is 93.2 Å². The molecule has 0 radical (unpaired) electrons. The summed E-state index contributed by atoms with van der Waals surface area (Å²) in [6.45, 7) is 0.0829. The molecule has 0 saturated carbocycles. The second-order valence-electron chi connectivity index (χ2n) is 3.72. The van der Waals surface area contributed by atoms with Gasteiger partial charge >= 0.3 is 5.82 Å². The number of imidazole rings is 1. The fourth-order valence-electron chi connectivity index (χ4n) is 1.58. The first-order chi connectivity index (χ1) is 9.11. The summed E-state index contributed by atoms with van der Waals surface area (Å²) in [6.07, 6.45) is 1.31. The normalized spacial score (nSPS) is 10.4. The van der Waals surface area contributed by atoms with Crippen LogP contribution in [0.4, 0.5) is 17.3 Å². The maximum Gasteiger partial charge on any atom is 0.406 e. The number of hydrogen-bond donors (Lipinski definition) is 2. The van der Waals surface area contributed by atoms with Crippen LogP contribution in [0.3, 0.4) is 0 Å². The van der Waals surface area contributed by atoms with E-state index in [1.165, 1.54) is 10.9 Å². The van der Waals surface area contributed by atoms with Gasteiger partial charge in [-0.05, 0) is 34.2 Å². The molecule has 0 aliphatic rings. The minimum atomic E-state index is -0.577. The molecule has 0 aliphatic carbocycles. The minimum absolute atomic E-state index is 0.136. The van der Waals surface area contributed by atoms with Gasteiger partial charge in [-0.15, -0.1) is 0 Å². The molecular weight excluding hydrogens is 272 g/mol. The Morgan fingerprint density at radius 2 is 2.11 bits per heavy atom. The van der Waals surface area contributed by atoms with E-state index in [2.05, 4.69) is 10.3 Å². The third-order valence-electron chi connectivity index (χ3n) is 2.44. The largest absolute Gasteiger partial charge is 0.406 e. The number of nitrogens with one attached hydrogen (secondary N) is 1. The summed E-state index contributed by atoms with van der Waals surface area (Å²) in [7, 11) is 0. The van der Waals surface area contributed by atoms with Crippen LogP contribution in [-0.4, -0.2) is 26.2 Å². The van der Waals surface area contributed by atoms with Gasteiger partial charge in [-0.2, -0.15) is 0 Å². The fraction of sp³-hybridized carbons (Fsp3) is 0.182. The molecule has 0 bridgehead atoms. The number of rotatable bonds is 5. The number of hydrogen-bond acceptors (Lipinski definition) is 5. The third-order valence-corrected chi connectivity index (χ3v) is 2.69. The van der Waals surface area contributed by atoms with Gasteiger partial charge in [-0.25, -0.2) is 0 Å². The number of nitro groups is 1. The first-order valence-corrected chi connectivity index (χ1v) is 5.82. The van der Waals surface area contributed by atoms with Crippen molar-refractivity contribution in [2.75, 3.05) is 11.9 Å². The summed E-state index contributed by atoms with van der Waals surface area (Å²) < 4.78 is 1.48. The van der Waals surface area contributed by atoms with E-state index in [1.54, 1.807) is 24.3 Å². The van der Waals surface area contributed by atoms with E-state index in [1.807, 2.05) is 0 Å². The van der Waals surface area contributed by atoms with E-state index in [-0.39, 0.29) is 24.8 Å². The SMILES string of the molecule is O=[N+]([O-])c1ncn(CCO)c1Nc1ccc(Cl)cc1. The molecule has 1 heterocycles. The highest BCUT2D eigenvalue weighted by Crippen LogP contribution is 2.26. The Bertz CT molecular complexity index is 582. The van der Waals surface area contributed by atoms with Gasteiger partial charge in [0.05, 0.1) is 13.2 Å². The molecule has 1 aromatic heterocycles. The Morgan fingerprint density at radius 3 is 2.68 bits per heavy atom. The van der Waals surface area contributed by atoms with Crippen molar-refractivity contribution in [3.05, 3.63) is 45.7 Å². The number of anilines is 2. The molecule has 2 N–H and O–H groups in total. The number of benzene rings is 1. The lowest BCUT2D eigenvalue weighted by Gasteiger charge is -2.08. The van der Waals surface area contributed by atoms with Crippen LogP contribution >= 0.6 is 11.6 Å². The van der Waals surface area contributed by atoms with Crippen molar-refractivity contribution in [3.8, 4) is 0 Å². The molecule has 0 atom stereocenters. The van der Waals surface area contributed by atoms with Gasteiger partial charge in [0.1, 0.15) is 0 Å². The molecule has 100 valence electrons. The lowest BCUT2D eigenvalue weighted by molar-refractivity contribution is -0.388. The first kappa shape index (κ1) is 13.3. The molecule has 0 amide bonds. The zero-order valence-corrected chi connectivity index (χ0v) is 10.5. The van der Waals surface area contributed by atoms with Crippen molar-refractivity contribution >= 4 is 28.9 Å². The molecule has 19 heavy (non-hydrogen) atoms. The van der Waals surface area contributed by atoms with Crippen LogP contribution in [-0.2, 0) is 6.54 Å². The quantitative estimate of drug-likeness (QED) is 0.647. The van der Waals surface area contributed by atoms with Crippen LogP contribution in [0.5, 0.6) is 0 Å². The van der Waals surface area contributed by atoms with E-state index in [4.69, 9.17) is 16.7 Å². The van der Waals surface area contributed by atoms with Crippen molar-refractivity contribution in [2.45, 2.75) is 6.54 Å². The zero-order valence-electron chi connectivity index (χ0n) is 9.78. The van der Waals surface area contributed by atoms with Gasteiger partial charge in [0.15, 0.2) is 0 Å². The lowest BCUT2D eigenvalue weighted by atomic mass is 10.3. The molecule has 0 unspecified atom stereocenters. The number of halogens is 1. The molecule has 2 rings (SSSR count). The monoisotopic (exact) mass is 282 g/mol. The van der Waals surface area contributed by atoms with E-state index in [0.29, 0.717) is 10.7 Å². The Labute approximate surface area is 113 Å². The molecule has 1 aromatic carbocycles. The summed E-state index contributed by atoms with van der Waals surface area (Å²) in [4.78, 5) is 14.0. The number of aliphatic hydroxyl groups excluding tert-OH is 1. The van der Waals surface area contributed by atoms with Gasteiger partial charge in [0, 0.05) is 10.7 Å². The lowest BCUT2D eigenvalue weighted by Crippen LogP contribution is -2.06. The highest BCUT2D eigenvalue weighted by atomic mass is 35.5. The van der Waals surface area contributed by atoms with Crippen LogP contribution in [0.1, 0.15) is 0 Å². The van der Waals surface area contributed by atoms with Crippen molar-refractivity contribution in [2.24, 2.45) is 0 Å². The highest BCUT2D eigenvalue weighted by Gasteiger charge is 2.21. The molecule has 7 nitrogen and oxygen atoms in total. The molecule has 0 spiro atoms. The van der Waals surface area contributed by atoms with Gasteiger partial charge < -0.3 is 20.5 Å². The van der Waals surface area contributed by atoms with Gasteiger partial charge in [0.25, 0.3) is 0 Å². The number of aromatic nitrogens is 2.